The average Bonchev–Trinajstić information content (AvgIpc) is 2.80. The van der Waals surface area contributed by atoms with E-state index in [4.69, 9.17) is 27.9 Å². The van der Waals surface area contributed by atoms with Gasteiger partial charge < -0.3 is 5.32 Å². The quantitative estimate of drug-likeness (QED) is 0.293. The molecule has 1 N–H and O–H groups in total. The number of carbonyl (C=O) groups excluding carboxylic acids is 1. The molecule has 0 unspecified atom stereocenters. The SMILES string of the molecule is C=CCNC(=O)C#Cc1ccccc1.[C-]#[O+].[C-]#[O+].[C-]#[O+].[C-]#[O+].[C-]#[O+].[C-]#[O+].[Co].[Co]. The molecule has 28 heavy (non-hydrogen) atoms. The summed E-state index contributed by atoms with van der Waals surface area (Å²) in [7, 11) is 0. The number of rotatable bonds is 2. The Bertz CT molecular complexity index is 575. The van der Waals surface area contributed by atoms with E-state index < -0.39 is 0 Å². The zero-order valence-electron chi connectivity index (χ0n) is 13.9. The topological polar surface area (TPSA) is 149 Å². The molecule has 0 saturated carbocycles. The molecule has 0 spiro atoms. The summed E-state index contributed by atoms with van der Waals surface area (Å²) in [5.74, 6) is 4.96. The molecular weight excluding hydrogens is 460 g/mol. The Morgan fingerprint density at radius 2 is 1.21 bits per heavy atom. The van der Waals surface area contributed by atoms with Crippen molar-refractivity contribution in [2.45, 2.75) is 0 Å². The maximum Gasteiger partial charge on any atom is 0 e. The summed E-state index contributed by atoms with van der Waals surface area (Å²) in [4.78, 5) is 11.0. The van der Waals surface area contributed by atoms with E-state index in [1.807, 2.05) is 30.3 Å². The Morgan fingerprint density at radius 3 is 1.54 bits per heavy atom. The van der Waals surface area contributed by atoms with Gasteiger partial charge in [0.25, 0.3) is 5.91 Å². The minimum absolute atomic E-state index is 0. The Kier molecular flexibility index (Phi) is 133. The van der Waals surface area contributed by atoms with Gasteiger partial charge in [-0.05, 0) is 12.1 Å². The molecule has 1 rings (SSSR count). The fourth-order valence-electron chi connectivity index (χ4n) is 0.859. The second kappa shape index (κ2) is 74.3. The molecule has 0 aromatic heterocycles. The molecule has 10 heteroatoms. The number of hydrogen-bond donors (Lipinski definition) is 1. The van der Waals surface area contributed by atoms with E-state index in [9.17, 15) is 4.79 Å². The van der Waals surface area contributed by atoms with Crippen LogP contribution in [0.15, 0.2) is 43.0 Å². The minimum atomic E-state index is -0.284. The zero-order valence-corrected chi connectivity index (χ0v) is 16.0. The van der Waals surface area contributed by atoms with E-state index in [1.165, 1.54) is 0 Å². The summed E-state index contributed by atoms with van der Waals surface area (Å²) in [5.41, 5.74) is 0.834. The molecule has 0 heterocycles. The molecule has 0 bridgehead atoms. The molecule has 1 amide bonds. The summed E-state index contributed by atoms with van der Waals surface area (Å²) >= 11 is 0. The summed E-state index contributed by atoms with van der Waals surface area (Å²) in [6, 6.07) is 9.38. The van der Waals surface area contributed by atoms with Crippen LogP contribution in [0.5, 0.6) is 0 Å². The summed E-state index contributed by atoms with van der Waals surface area (Å²) < 4.78 is 45.0. The van der Waals surface area contributed by atoms with Crippen molar-refractivity contribution < 1.29 is 66.3 Å². The van der Waals surface area contributed by atoms with Gasteiger partial charge in [0.05, 0.1) is 0 Å². The van der Waals surface area contributed by atoms with Crippen molar-refractivity contribution in [2.24, 2.45) is 0 Å². The van der Waals surface area contributed by atoms with Crippen LogP contribution in [0.1, 0.15) is 5.56 Å². The molecule has 2 radical (unpaired) electrons. The maximum atomic E-state index is 11.0. The average molecular weight is 471 g/mol. The minimum Gasteiger partial charge on any atom is 0 e. The van der Waals surface area contributed by atoms with Gasteiger partial charge in [-0.2, -0.15) is 0 Å². The van der Waals surface area contributed by atoms with Gasteiger partial charge in [-0.3, -0.25) is 4.79 Å². The van der Waals surface area contributed by atoms with Crippen LogP contribution in [0.25, 0.3) is 0 Å². The number of carbonyl (C=O) groups is 1. The fraction of sp³-hybridized carbons (Fsp3) is 0.0556. The van der Waals surface area contributed by atoms with Crippen LogP contribution < -0.4 is 5.32 Å². The molecule has 8 nitrogen and oxygen atoms in total. The van der Waals surface area contributed by atoms with E-state index in [0.717, 1.165) is 5.56 Å². The first-order valence-corrected chi connectivity index (χ1v) is 5.51. The Morgan fingerprint density at radius 1 is 0.857 bits per heavy atom. The monoisotopic (exact) mass is 471 g/mol. The molecule has 148 valence electrons. The van der Waals surface area contributed by atoms with E-state index in [0.29, 0.717) is 6.54 Å². The molecular formula is C18H11Co2NO7. The molecule has 0 aliphatic rings. The molecule has 0 fully saturated rings. The van der Waals surface area contributed by atoms with Crippen molar-refractivity contribution in [2.75, 3.05) is 6.54 Å². The molecule has 0 atom stereocenters. The van der Waals surface area contributed by atoms with Crippen molar-refractivity contribution in [1.29, 1.82) is 0 Å². The van der Waals surface area contributed by atoms with Crippen molar-refractivity contribution in [3.8, 4) is 11.8 Å². The molecule has 0 saturated heterocycles. The van der Waals surface area contributed by atoms with E-state index in [-0.39, 0.29) is 39.5 Å². The van der Waals surface area contributed by atoms with Crippen molar-refractivity contribution in [3.63, 3.8) is 0 Å². The second-order valence-electron chi connectivity index (χ2n) is 2.61. The Labute approximate surface area is 184 Å². The van der Waals surface area contributed by atoms with Crippen LogP contribution in [-0.2, 0) is 66.3 Å². The van der Waals surface area contributed by atoms with Crippen molar-refractivity contribution in [3.05, 3.63) is 88.5 Å². The van der Waals surface area contributed by atoms with Gasteiger partial charge in [0.2, 0.25) is 0 Å². The van der Waals surface area contributed by atoms with Crippen LogP contribution in [0.4, 0.5) is 0 Å². The summed E-state index contributed by atoms with van der Waals surface area (Å²) in [5, 5.41) is 2.57. The first-order chi connectivity index (χ1) is 12.8. The standard InChI is InChI=1S/C12H11NO.6CO.2Co/c1-2-10-13-12(14)9-8-11-6-4-3-5-7-11;6*1-2;;/h2-7H,1,10H2,(H,13,14);;;;;;;;. The van der Waals surface area contributed by atoms with Crippen LogP contribution in [0.2, 0.25) is 0 Å². The summed E-state index contributed by atoms with van der Waals surface area (Å²) in [6.07, 6.45) is 1.61. The zero-order chi connectivity index (χ0) is 22.2. The van der Waals surface area contributed by atoms with Gasteiger partial charge in [0, 0.05) is 51.6 Å². The fourth-order valence-corrected chi connectivity index (χ4v) is 0.859. The molecule has 0 aliphatic heterocycles. The van der Waals surface area contributed by atoms with E-state index in [2.05, 4.69) is 63.6 Å². The van der Waals surface area contributed by atoms with Gasteiger partial charge in [0.15, 0.2) is 0 Å². The number of amides is 1. The van der Waals surface area contributed by atoms with Crippen LogP contribution in [0.3, 0.4) is 0 Å². The molecule has 1 aromatic rings. The van der Waals surface area contributed by atoms with Crippen molar-refractivity contribution in [1.82, 2.24) is 5.32 Å². The third-order valence-corrected chi connectivity index (χ3v) is 1.50. The third-order valence-electron chi connectivity index (χ3n) is 1.50. The number of benzene rings is 1. The predicted octanol–water partition coefficient (Wildman–Crippen LogP) is 1.11. The van der Waals surface area contributed by atoms with Gasteiger partial charge in [-0.25, -0.2) is 0 Å². The molecule has 0 aliphatic carbocycles. The smallest absolute Gasteiger partial charge is 0 e. The Hall–Kier alpha value is -2.56. The van der Waals surface area contributed by atoms with Gasteiger partial charge >= 0.3 is 67.8 Å². The normalized spacial score (nSPS) is 4.57. The second-order valence-corrected chi connectivity index (χ2v) is 2.61. The number of hydrogen-bond acceptors (Lipinski definition) is 1. The largest absolute Gasteiger partial charge is 0 e. The number of nitrogens with one attached hydrogen (secondary N) is 1. The van der Waals surface area contributed by atoms with E-state index >= 15 is 0 Å². The van der Waals surface area contributed by atoms with Crippen LogP contribution >= 0.6 is 0 Å². The van der Waals surface area contributed by atoms with E-state index in [1.54, 1.807) is 6.08 Å². The third kappa shape index (κ3) is 56.6. The first-order valence-electron chi connectivity index (χ1n) is 5.51. The van der Waals surface area contributed by atoms with Crippen molar-refractivity contribution >= 4 is 5.91 Å². The maximum absolute atomic E-state index is 11.0. The molecule has 1 aromatic carbocycles. The Balaban J connectivity index is -0.0000000410. The van der Waals surface area contributed by atoms with Crippen LogP contribution in [0, 0.1) is 51.7 Å². The van der Waals surface area contributed by atoms with Gasteiger partial charge in [0.1, 0.15) is 0 Å². The summed E-state index contributed by atoms with van der Waals surface area (Å²) in [6.45, 7) is 30.9. The van der Waals surface area contributed by atoms with Gasteiger partial charge in [-0.15, -0.1) is 6.58 Å². The predicted molar refractivity (Wildman–Crippen MR) is 80.1 cm³/mol. The van der Waals surface area contributed by atoms with Crippen LogP contribution in [-0.4, -0.2) is 12.5 Å². The first kappa shape index (κ1) is 50.0. The van der Waals surface area contributed by atoms with Gasteiger partial charge in [-0.1, -0.05) is 30.2 Å².